The minimum absolute atomic E-state index is 0.0970. The van der Waals surface area contributed by atoms with E-state index in [0.29, 0.717) is 5.69 Å². The van der Waals surface area contributed by atoms with Gasteiger partial charge in [-0.3, -0.25) is 4.79 Å². The summed E-state index contributed by atoms with van der Waals surface area (Å²) in [7, 11) is 0. The summed E-state index contributed by atoms with van der Waals surface area (Å²) in [4.78, 5) is 12.4. The van der Waals surface area contributed by atoms with Gasteiger partial charge < -0.3 is 5.32 Å². The molecule has 28 heavy (non-hydrogen) atoms. The first-order valence-electron chi connectivity index (χ1n) is 8.75. The molecule has 10 heteroatoms. The molecule has 0 spiro atoms. The van der Waals surface area contributed by atoms with Crippen LogP contribution in [0.2, 0.25) is 0 Å². The van der Waals surface area contributed by atoms with Crippen LogP contribution in [0, 0.1) is 18.6 Å². The van der Waals surface area contributed by atoms with E-state index in [4.69, 9.17) is 0 Å². The molecule has 6 nitrogen and oxygen atoms in total. The van der Waals surface area contributed by atoms with Crippen molar-refractivity contribution in [1.29, 1.82) is 0 Å². The standard InChI is InChI=1S/C18H17F2N5OS2/c1-10-23-24-18(28-10)27-9-17(26)22-15-3-2-4-16-14(15)8-21-25(16)13-6-11(19)5-12(20)7-13/h5-8,15H,2-4,9H2,1H3,(H,22,26). The van der Waals surface area contributed by atoms with Crippen LogP contribution in [0.25, 0.3) is 5.69 Å². The summed E-state index contributed by atoms with van der Waals surface area (Å²) in [5.41, 5.74) is 2.10. The molecule has 1 aliphatic carbocycles. The van der Waals surface area contributed by atoms with Gasteiger partial charge in [-0.15, -0.1) is 10.2 Å². The lowest BCUT2D eigenvalue weighted by Gasteiger charge is -2.24. The zero-order chi connectivity index (χ0) is 19.7. The van der Waals surface area contributed by atoms with Crippen molar-refractivity contribution < 1.29 is 13.6 Å². The van der Waals surface area contributed by atoms with Crippen LogP contribution in [0.1, 0.15) is 35.1 Å². The van der Waals surface area contributed by atoms with Gasteiger partial charge in [-0.2, -0.15) is 5.10 Å². The van der Waals surface area contributed by atoms with Gasteiger partial charge in [0.15, 0.2) is 4.34 Å². The van der Waals surface area contributed by atoms with Gasteiger partial charge in [0.05, 0.1) is 23.7 Å². The van der Waals surface area contributed by atoms with Crippen LogP contribution in [0.4, 0.5) is 8.78 Å². The van der Waals surface area contributed by atoms with E-state index in [1.54, 1.807) is 10.9 Å². The molecule has 0 aliphatic heterocycles. The predicted molar refractivity (Wildman–Crippen MR) is 103 cm³/mol. The Bertz CT molecular complexity index is 999. The third-order valence-corrected chi connectivity index (χ3v) is 6.42. The van der Waals surface area contributed by atoms with Crippen molar-refractivity contribution >= 4 is 29.0 Å². The molecule has 1 aromatic carbocycles. The normalized spacial score (nSPS) is 16.0. The Balaban J connectivity index is 1.48. The Kier molecular flexibility index (Phi) is 5.40. The minimum atomic E-state index is -0.649. The summed E-state index contributed by atoms with van der Waals surface area (Å²) in [6, 6.07) is 3.16. The van der Waals surface area contributed by atoms with Crippen molar-refractivity contribution in [3.8, 4) is 5.69 Å². The molecule has 1 amide bonds. The molecule has 1 unspecified atom stereocenters. The fourth-order valence-electron chi connectivity index (χ4n) is 3.29. The van der Waals surface area contributed by atoms with Crippen molar-refractivity contribution in [2.45, 2.75) is 36.6 Å². The third-order valence-electron chi connectivity index (χ3n) is 4.44. The van der Waals surface area contributed by atoms with E-state index < -0.39 is 11.6 Å². The number of aromatic nitrogens is 4. The van der Waals surface area contributed by atoms with Gasteiger partial charge in [0.1, 0.15) is 16.6 Å². The Morgan fingerprint density at radius 2 is 2.11 bits per heavy atom. The van der Waals surface area contributed by atoms with Gasteiger partial charge in [0.2, 0.25) is 5.91 Å². The van der Waals surface area contributed by atoms with E-state index in [1.165, 1.54) is 35.2 Å². The lowest BCUT2D eigenvalue weighted by Crippen LogP contribution is -2.32. The molecular formula is C18H17F2N5OS2. The largest absolute Gasteiger partial charge is 0.348 e. The fourth-order valence-corrected chi connectivity index (χ4v) is 4.92. The second kappa shape index (κ2) is 7.96. The molecule has 0 fully saturated rings. The smallest absolute Gasteiger partial charge is 0.230 e. The van der Waals surface area contributed by atoms with Gasteiger partial charge in [0.25, 0.3) is 0 Å². The Morgan fingerprint density at radius 1 is 1.32 bits per heavy atom. The Labute approximate surface area is 168 Å². The maximum Gasteiger partial charge on any atom is 0.230 e. The Morgan fingerprint density at radius 3 is 2.82 bits per heavy atom. The highest BCUT2D eigenvalue weighted by atomic mass is 32.2. The number of aryl methyl sites for hydroxylation is 1. The summed E-state index contributed by atoms with van der Waals surface area (Å²) in [5, 5.41) is 16.1. The number of hydrogen-bond acceptors (Lipinski definition) is 6. The zero-order valence-corrected chi connectivity index (χ0v) is 16.6. The van der Waals surface area contributed by atoms with E-state index in [9.17, 15) is 13.6 Å². The van der Waals surface area contributed by atoms with E-state index in [1.807, 2.05) is 6.92 Å². The van der Waals surface area contributed by atoms with Gasteiger partial charge in [-0.05, 0) is 38.3 Å². The number of nitrogens with zero attached hydrogens (tertiary/aromatic N) is 4. The monoisotopic (exact) mass is 421 g/mol. The molecule has 2 heterocycles. The molecule has 1 N–H and O–H groups in total. The molecule has 146 valence electrons. The molecule has 2 aromatic heterocycles. The molecular weight excluding hydrogens is 404 g/mol. The summed E-state index contributed by atoms with van der Waals surface area (Å²) < 4.78 is 29.5. The van der Waals surface area contributed by atoms with E-state index in [-0.39, 0.29) is 17.7 Å². The van der Waals surface area contributed by atoms with Crippen molar-refractivity contribution in [2.75, 3.05) is 5.75 Å². The lowest BCUT2D eigenvalue weighted by molar-refractivity contribution is -0.119. The average Bonchev–Trinajstić information content (AvgIpc) is 3.26. The molecule has 0 saturated heterocycles. The summed E-state index contributed by atoms with van der Waals surface area (Å²) in [6.07, 6.45) is 4.05. The van der Waals surface area contributed by atoms with Crippen LogP contribution < -0.4 is 5.32 Å². The summed E-state index contributed by atoms with van der Waals surface area (Å²) in [6.45, 7) is 1.87. The Hall–Kier alpha value is -2.33. The van der Waals surface area contributed by atoms with Crippen molar-refractivity contribution in [3.63, 3.8) is 0 Å². The first-order valence-corrected chi connectivity index (χ1v) is 10.6. The summed E-state index contributed by atoms with van der Waals surface area (Å²) in [5.74, 6) is -1.14. The number of rotatable bonds is 5. The minimum Gasteiger partial charge on any atom is -0.348 e. The number of fused-ring (bicyclic) bond motifs is 1. The maximum absolute atomic E-state index is 13.6. The first-order chi connectivity index (χ1) is 13.5. The SMILES string of the molecule is Cc1nnc(SCC(=O)NC2CCCc3c2cnn3-c2cc(F)cc(F)c2)s1. The zero-order valence-electron chi connectivity index (χ0n) is 15.0. The first kappa shape index (κ1) is 19.0. The van der Waals surface area contributed by atoms with Crippen LogP contribution in [0.5, 0.6) is 0 Å². The van der Waals surface area contributed by atoms with Gasteiger partial charge in [-0.25, -0.2) is 13.5 Å². The highest BCUT2D eigenvalue weighted by molar-refractivity contribution is 8.01. The number of hydrogen-bond donors (Lipinski definition) is 1. The number of amides is 1. The molecule has 0 bridgehead atoms. The van der Waals surface area contributed by atoms with Gasteiger partial charge in [-0.1, -0.05) is 23.1 Å². The van der Waals surface area contributed by atoms with Crippen LogP contribution in [-0.4, -0.2) is 31.6 Å². The molecule has 1 atom stereocenters. The van der Waals surface area contributed by atoms with Crippen LogP contribution >= 0.6 is 23.1 Å². The maximum atomic E-state index is 13.6. The number of thioether (sulfide) groups is 1. The van der Waals surface area contributed by atoms with Crippen molar-refractivity contribution in [3.05, 3.63) is 52.3 Å². The van der Waals surface area contributed by atoms with Crippen LogP contribution in [0.3, 0.4) is 0 Å². The van der Waals surface area contributed by atoms with Crippen LogP contribution in [-0.2, 0) is 11.2 Å². The topological polar surface area (TPSA) is 72.7 Å². The van der Waals surface area contributed by atoms with E-state index >= 15 is 0 Å². The molecule has 1 aliphatic rings. The van der Waals surface area contributed by atoms with Gasteiger partial charge >= 0.3 is 0 Å². The number of benzene rings is 1. The fraction of sp³-hybridized carbons (Fsp3) is 0.333. The number of halogens is 2. The quantitative estimate of drug-likeness (QED) is 0.638. The molecule has 3 aromatic rings. The number of carbonyl (C=O) groups excluding carboxylic acids is 1. The highest BCUT2D eigenvalue weighted by Crippen LogP contribution is 2.31. The summed E-state index contributed by atoms with van der Waals surface area (Å²) >= 11 is 2.81. The molecule has 0 saturated carbocycles. The number of nitrogens with one attached hydrogen (secondary N) is 1. The number of carbonyl (C=O) groups is 1. The van der Waals surface area contributed by atoms with Crippen molar-refractivity contribution in [2.24, 2.45) is 0 Å². The lowest BCUT2D eigenvalue weighted by atomic mass is 9.93. The highest BCUT2D eigenvalue weighted by Gasteiger charge is 2.26. The second-order valence-electron chi connectivity index (χ2n) is 6.47. The van der Waals surface area contributed by atoms with E-state index in [2.05, 4.69) is 20.6 Å². The second-order valence-corrected chi connectivity index (χ2v) is 8.88. The van der Waals surface area contributed by atoms with Crippen molar-refractivity contribution in [1.82, 2.24) is 25.3 Å². The van der Waals surface area contributed by atoms with Crippen LogP contribution in [0.15, 0.2) is 28.7 Å². The molecule has 4 rings (SSSR count). The average molecular weight is 421 g/mol. The molecule has 0 radical (unpaired) electrons. The third kappa shape index (κ3) is 4.07. The van der Waals surface area contributed by atoms with Gasteiger partial charge in [0, 0.05) is 17.3 Å². The predicted octanol–water partition coefficient (Wildman–Crippen LogP) is 3.60. The van der Waals surface area contributed by atoms with E-state index in [0.717, 1.165) is 45.9 Å².